The highest BCUT2D eigenvalue weighted by atomic mass is 127. The molecular formula is C28H39I2N3O3S2. The lowest BCUT2D eigenvalue weighted by molar-refractivity contribution is -0.130. The van der Waals surface area contributed by atoms with E-state index in [-0.39, 0.29) is 36.6 Å². The van der Waals surface area contributed by atoms with Crippen LogP contribution in [0.15, 0.2) is 79.4 Å². The monoisotopic (exact) mass is 783 g/mol. The van der Waals surface area contributed by atoms with Crippen molar-refractivity contribution in [3.63, 3.8) is 0 Å². The molecule has 1 aromatic carbocycles. The number of allylic oxidation sites excluding steroid dienone is 2. The van der Waals surface area contributed by atoms with E-state index in [2.05, 4.69) is 92.2 Å². The first-order valence-electron chi connectivity index (χ1n) is 12.3. The van der Waals surface area contributed by atoms with Crippen molar-refractivity contribution < 1.29 is 14.3 Å². The topological polar surface area (TPSA) is 61.9 Å². The quantitative estimate of drug-likeness (QED) is 0.0502. The van der Waals surface area contributed by atoms with Crippen LogP contribution in [0.2, 0.25) is 0 Å². The average Bonchev–Trinajstić information content (AvgIpc) is 2.87. The summed E-state index contributed by atoms with van der Waals surface area (Å²) in [6.45, 7) is 16.7. The van der Waals surface area contributed by atoms with Gasteiger partial charge in [0.1, 0.15) is 17.6 Å². The highest BCUT2D eigenvalue weighted by Gasteiger charge is 2.23. The Kier molecular flexibility index (Phi) is 17.5. The minimum atomic E-state index is -0.508. The third kappa shape index (κ3) is 13.8. The molecule has 210 valence electrons. The standard InChI is InChI=1S/C28H39I2N3O3S2/c1-20(19-38)23(4)31-27(15-25-11-7-6-8-12-25)24(5)32(29)18-22(3)36-26(13-9-10-14-37)16-28(35)33(30)17-21(2)34/h6-9,11-13,20,26-27,31,37-38H,3-5,10,14-19H2,1-2H3/b13-9+/t20-,26-,27+/m1/s1. The van der Waals surface area contributed by atoms with E-state index in [0.29, 0.717) is 23.8 Å². The number of Topliss-reactive ketones (excluding diaryl/α,β-unsaturated/α-hetero) is 1. The van der Waals surface area contributed by atoms with Crippen molar-refractivity contribution in [1.29, 1.82) is 0 Å². The van der Waals surface area contributed by atoms with Gasteiger partial charge in [-0.2, -0.15) is 25.3 Å². The third-order valence-corrected chi connectivity index (χ3v) is 8.16. The van der Waals surface area contributed by atoms with E-state index >= 15 is 0 Å². The van der Waals surface area contributed by atoms with Crippen LogP contribution >= 0.6 is 71.0 Å². The van der Waals surface area contributed by atoms with Crippen LogP contribution in [0.3, 0.4) is 0 Å². The number of nitrogens with zero attached hydrogens (tertiary/aromatic N) is 2. The Labute approximate surface area is 267 Å². The maximum atomic E-state index is 12.6. The Balaban J connectivity index is 2.93. The molecule has 0 bridgehead atoms. The van der Waals surface area contributed by atoms with Gasteiger partial charge < -0.3 is 13.2 Å². The zero-order valence-corrected chi connectivity index (χ0v) is 28.2. The Bertz CT molecular complexity index is 975. The first-order valence-corrected chi connectivity index (χ1v) is 15.5. The molecule has 0 radical (unpaired) electrons. The molecule has 0 saturated carbocycles. The third-order valence-electron chi connectivity index (χ3n) is 5.51. The molecule has 1 rings (SSSR count). The minimum Gasteiger partial charge on any atom is -0.489 e. The number of amides is 1. The number of carbonyl (C=O) groups is 2. The number of ether oxygens (including phenoxy) is 1. The second kappa shape index (κ2) is 19.0. The van der Waals surface area contributed by atoms with Gasteiger partial charge in [0.2, 0.25) is 5.91 Å². The van der Waals surface area contributed by atoms with Crippen LogP contribution < -0.4 is 5.32 Å². The predicted molar refractivity (Wildman–Crippen MR) is 182 cm³/mol. The summed E-state index contributed by atoms with van der Waals surface area (Å²) in [6.07, 6.45) is 4.87. The van der Waals surface area contributed by atoms with Crippen molar-refractivity contribution in [3.8, 4) is 0 Å². The second-order valence-corrected chi connectivity index (χ2v) is 12.1. The van der Waals surface area contributed by atoms with E-state index < -0.39 is 6.10 Å². The van der Waals surface area contributed by atoms with Gasteiger partial charge in [-0.1, -0.05) is 63.1 Å². The molecule has 0 aliphatic rings. The Morgan fingerprint density at radius 2 is 1.76 bits per heavy atom. The molecule has 0 unspecified atom stereocenters. The molecule has 1 N–H and O–H groups in total. The molecular weight excluding hydrogens is 744 g/mol. The largest absolute Gasteiger partial charge is 0.489 e. The van der Waals surface area contributed by atoms with Crippen LogP contribution in [-0.2, 0) is 20.7 Å². The van der Waals surface area contributed by atoms with E-state index in [9.17, 15) is 9.59 Å². The van der Waals surface area contributed by atoms with Gasteiger partial charge in [0.15, 0.2) is 0 Å². The molecule has 38 heavy (non-hydrogen) atoms. The molecule has 0 aliphatic heterocycles. The lowest BCUT2D eigenvalue weighted by atomic mass is 10.0. The van der Waals surface area contributed by atoms with Gasteiger partial charge in [0.05, 0.1) is 71.3 Å². The summed E-state index contributed by atoms with van der Waals surface area (Å²) >= 11 is 12.7. The van der Waals surface area contributed by atoms with E-state index in [1.54, 1.807) is 0 Å². The summed E-state index contributed by atoms with van der Waals surface area (Å²) in [5.41, 5.74) is 2.94. The Hall–Kier alpha value is -1.12. The SMILES string of the molecule is C=C(CN(I)C(=C)[C@H](Cc1ccccc1)NC(=C)[C@H](C)CS)O[C@H](/C=C/CCS)CC(=O)N(I)CC(C)=O. The highest BCUT2D eigenvalue weighted by Crippen LogP contribution is 2.22. The number of hydrogen-bond donors (Lipinski definition) is 3. The van der Waals surface area contributed by atoms with Gasteiger partial charge in [-0.05, 0) is 42.9 Å². The van der Waals surface area contributed by atoms with Crippen LogP contribution in [-0.4, -0.2) is 54.7 Å². The van der Waals surface area contributed by atoms with Gasteiger partial charge in [-0.15, -0.1) is 0 Å². The van der Waals surface area contributed by atoms with Crippen molar-refractivity contribution >= 4 is 82.7 Å². The minimum absolute atomic E-state index is 0.0572. The fourth-order valence-corrected chi connectivity index (χ4v) is 5.04. The fraction of sp³-hybridized carbons (Fsp3) is 0.429. The lowest BCUT2D eigenvalue weighted by Gasteiger charge is -2.31. The van der Waals surface area contributed by atoms with E-state index in [1.165, 1.54) is 15.6 Å². The molecule has 0 heterocycles. The van der Waals surface area contributed by atoms with Crippen LogP contribution in [0, 0.1) is 5.92 Å². The smallest absolute Gasteiger partial charge is 0.235 e. The molecule has 0 aliphatic carbocycles. The first kappa shape index (κ1) is 34.9. The number of carbonyl (C=O) groups excluding carboxylic acids is 2. The summed E-state index contributed by atoms with van der Waals surface area (Å²) in [4.78, 5) is 24.1. The van der Waals surface area contributed by atoms with E-state index in [4.69, 9.17) is 4.74 Å². The lowest BCUT2D eigenvalue weighted by Crippen LogP contribution is -2.38. The Morgan fingerprint density at radius 3 is 2.34 bits per heavy atom. The second-order valence-electron chi connectivity index (χ2n) is 8.96. The van der Waals surface area contributed by atoms with Gasteiger partial charge in [-0.25, -0.2) is 0 Å². The molecule has 1 aromatic rings. The maximum absolute atomic E-state index is 12.6. The van der Waals surface area contributed by atoms with Gasteiger partial charge in [0.25, 0.3) is 0 Å². The highest BCUT2D eigenvalue weighted by molar-refractivity contribution is 14.1. The van der Waals surface area contributed by atoms with Crippen molar-refractivity contribution in [1.82, 2.24) is 11.5 Å². The van der Waals surface area contributed by atoms with E-state index in [1.807, 2.05) is 56.3 Å². The number of ketones is 1. The summed E-state index contributed by atoms with van der Waals surface area (Å²) < 4.78 is 9.45. The molecule has 10 heteroatoms. The number of hydrogen-bond acceptors (Lipinski definition) is 7. The number of thiol groups is 2. The molecule has 0 fully saturated rings. The maximum Gasteiger partial charge on any atom is 0.235 e. The zero-order valence-electron chi connectivity index (χ0n) is 22.1. The van der Waals surface area contributed by atoms with Crippen LogP contribution in [0.25, 0.3) is 0 Å². The summed E-state index contributed by atoms with van der Waals surface area (Å²) in [7, 11) is 0. The molecule has 1 amide bonds. The molecule has 0 aromatic heterocycles. The summed E-state index contributed by atoms with van der Waals surface area (Å²) in [6, 6.07) is 10.1. The molecule has 0 spiro atoms. The number of benzene rings is 1. The van der Waals surface area contributed by atoms with Crippen molar-refractivity contribution in [2.75, 3.05) is 24.6 Å². The number of halogens is 2. The van der Waals surface area contributed by atoms with Crippen LogP contribution in [0.4, 0.5) is 0 Å². The van der Waals surface area contributed by atoms with Crippen molar-refractivity contribution in [3.05, 3.63) is 84.9 Å². The predicted octanol–water partition coefficient (Wildman–Crippen LogP) is 6.37. The normalized spacial score (nSPS) is 13.3. The fourth-order valence-electron chi connectivity index (χ4n) is 3.28. The average molecular weight is 784 g/mol. The summed E-state index contributed by atoms with van der Waals surface area (Å²) in [5, 5.41) is 3.54. The van der Waals surface area contributed by atoms with Crippen LogP contribution in [0.1, 0.15) is 32.3 Å². The molecule has 6 nitrogen and oxygen atoms in total. The summed E-state index contributed by atoms with van der Waals surface area (Å²) in [5.74, 6) is 1.82. The van der Waals surface area contributed by atoms with E-state index in [0.717, 1.165) is 24.2 Å². The van der Waals surface area contributed by atoms with Gasteiger partial charge in [-0.3, -0.25) is 12.7 Å². The van der Waals surface area contributed by atoms with Crippen molar-refractivity contribution in [2.45, 2.75) is 45.3 Å². The first-order chi connectivity index (χ1) is 18.0. The van der Waals surface area contributed by atoms with Gasteiger partial charge in [0, 0.05) is 17.3 Å². The Morgan fingerprint density at radius 1 is 1.11 bits per heavy atom. The van der Waals surface area contributed by atoms with Crippen molar-refractivity contribution in [2.24, 2.45) is 5.92 Å². The molecule has 0 saturated heterocycles. The van der Waals surface area contributed by atoms with Gasteiger partial charge >= 0.3 is 0 Å². The number of nitrogens with one attached hydrogen (secondary N) is 1. The van der Waals surface area contributed by atoms with Crippen LogP contribution in [0.5, 0.6) is 0 Å². The molecule has 3 atom stereocenters. The number of rotatable bonds is 19. The zero-order chi connectivity index (χ0) is 28.7.